The molecular weight excluding hydrogens is 508 g/mol. The average molecular weight is 571 g/mol. The van der Waals surface area contributed by atoms with Gasteiger partial charge in [-0.2, -0.15) is 0 Å². The first-order valence-corrected chi connectivity index (χ1v) is 19.1. The summed E-state index contributed by atoms with van der Waals surface area (Å²) in [7, 11) is -1.89. The molecule has 1 aliphatic carbocycles. The second-order valence-corrected chi connectivity index (χ2v) is 19.0. The zero-order valence-corrected chi connectivity index (χ0v) is 27.4. The summed E-state index contributed by atoms with van der Waals surface area (Å²) in [6, 6.07) is 0. The van der Waals surface area contributed by atoms with Crippen molar-refractivity contribution in [2.75, 3.05) is 6.61 Å². The number of carbonyl (C=O) groups is 1. The van der Waals surface area contributed by atoms with Crippen molar-refractivity contribution >= 4 is 14.3 Å². The van der Waals surface area contributed by atoms with Crippen LogP contribution in [0.15, 0.2) is 0 Å². The Kier molecular flexibility index (Phi) is 14.5. The van der Waals surface area contributed by atoms with Crippen LogP contribution in [0, 0.1) is 11.3 Å². The predicted molar refractivity (Wildman–Crippen MR) is 161 cm³/mol. The Bertz CT molecular complexity index is 701. The molecule has 0 aromatic rings. The van der Waals surface area contributed by atoms with Crippen molar-refractivity contribution in [3.63, 3.8) is 0 Å². The monoisotopic (exact) mass is 570 g/mol. The van der Waals surface area contributed by atoms with Crippen LogP contribution in [-0.2, 0) is 18.7 Å². The summed E-state index contributed by atoms with van der Waals surface area (Å²) in [5.74, 6) is -0.458. The van der Waals surface area contributed by atoms with Crippen LogP contribution in [0.1, 0.15) is 137 Å². The zero-order valence-electron chi connectivity index (χ0n) is 26.4. The van der Waals surface area contributed by atoms with E-state index in [2.05, 4.69) is 47.7 Å². The zero-order chi connectivity index (χ0) is 29.1. The van der Waals surface area contributed by atoms with Gasteiger partial charge in [-0.3, -0.25) is 4.79 Å². The van der Waals surface area contributed by atoms with Crippen molar-refractivity contribution in [1.82, 2.24) is 0 Å². The fourth-order valence-corrected chi connectivity index (χ4v) is 7.76. The van der Waals surface area contributed by atoms with E-state index in [1.165, 1.54) is 19.3 Å². The highest BCUT2D eigenvalue weighted by atomic mass is 28.4. The molecule has 0 spiro atoms. The molecule has 0 radical (unpaired) electrons. The number of hydrogen-bond donors (Lipinski definition) is 2. The smallest absolute Gasteiger partial charge is 0.303 e. The van der Waals surface area contributed by atoms with Gasteiger partial charge in [-0.15, -0.1) is 0 Å². The van der Waals surface area contributed by atoms with Gasteiger partial charge in [0.15, 0.2) is 14.6 Å². The number of aliphatic hydroxyl groups excluding tert-OH is 1. The lowest BCUT2D eigenvalue weighted by atomic mass is 9.71. The molecule has 39 heavy (non-hydrogen) atoms. The molecule has 2 rings (SSSR count). The van der Waals surface area contributed by atoms with Crippen LogP contribution in [0.25, 0.3) is 0 Å². The Labute approximate surface area is 241 Å². The lowest BCUT2D eigenvalue weighted by Gasteiger charge is -2.41. The molecule has 1 aliphatic heterocycles. The maximum absolute atomic E-state index is 11.4. The molecule has 0 aromatic heterocycles. The fraction of sp³-hybridized carbons (Fsp3) is 0.969. The third kappa shape index (κ3) is 11.0. The van der Waals surface area contributed by atoms with Crippen molar-refractivity contribution in [2.45, 2.75) is 180 Å². The minimum absolute atomic E-state index is 0.00396. The maximum Gasteiger partial charge on any atom is 0.303 e. The molecule has 0 aromatic carbocycles. The summed E-state index contributed by atoms with van der Waals surface area (Å²) in [5, 5.41) is 20.5. The first-order chi connectivity index (χ1) is 18.3. The fourth-order valence-electron chi connectivity index (χ4n) is 6.34. The second kappa shape index (κ2) is 16.2. The Morgan fingerprint density at radius 3 is 2.41 bits per heavy atom. The summed E-state index contributed by atoms with van der Waals surface area (Å²) in [5.41, 5.74) is -0.211. The van der Waals surface area contributed by atoms with Crippen molar-refractivity contribution in [3.05, 3.63) is 0 Å². The number of carboxylic acids is 1. The van der Waals surface area contributed by atoms with E-state index in [4.69, 9.17) is 19.0 Å². The van der Waals surface area contributed by atoms with Gasteiger partial charge < -0.3 is 24.1 Å². The first-order valence-electron chi connectivity index (χ1n) is 16.1. The van der Waals surface area contributed by atoms with Gasteiger partial charge in [0.05, 0.1) is 12.2 Å². The van der Waals surface area contributed by atoms with E-state index in [-0.39, 0.29) is 41.3 Å². The Morgan fingerprint density at radius 2 is 1.79 bits per heavy atom. The SMILES string of the molecule is CCCCCC(CC[C@H]1C(OC2CCCCO2)C[C@H](O)[C@]1(C)CCCCCCC(=O)O)O[Si](C)(C)C(C)(C)C. The Hall–Kier alpha value is -0.473. The summed E-state index contributed by atoms with van der Waals surface area (Å²) in [4.78, 5) is 10.9. The number of unbranched alkanes of at least 4 members (excludes halogenated alkanes) is 5. The van der Waals surface area contributed by atoms with E-state index in [1.54, 1.807) is 0 Å². The van der Waals surface area contributed by atoms with Crippen LogP contribution in [0.4, 0.5) is 0 Å². The van der Waals surface area contributed by atoms with Gasteiger partial charge in [0.1, 0.15) is 0 Å². The highest BCUT2D eigenvalue weighted by molar-refractivity contribution is 6.74. The van der Waals surface area contributed by atoms with Gasteiger partial charge in [-0.25, -0.2) is 0 Å². The standard InChI is InChI=1S/C32H62O6Si/c1-8-9-12-17-25(38-39(6,7)31(2,3)4)20-21-26-27(37-30-19-14-16-23-36-30)24-28(33)32(26,5)22-15-11-10-13-18-29(34)35/h25-28,30,33H,8-24H2,1-7H3,(H,34,35)/t25?,26-,27?,28-,30?,32+/m0/s1. The van der Waals surface area contributed by atoms with Crippen LogP contribution < -0.4 is 0 Å². The summed E-state index contributed by atoms with van der Waals surface area (Å²) >= 11 is 0. The molecule has 6 atom stereocenters. The highest BCUT2D eigenvalue weighted by Crippen LogP contribution is 2.51. The quantitative estimate of drug-likeness (QED) is 0.127. The lowest BCUT2D eigenvalue weighted by molar-refractivity contribution is -0.198. The number of rotatable bonds is 18. The van der Waals surface area contributed by atoms with Gasteiger partial charge in [-0.05, 0) is 80.8 Å². The minimum Gasteiger partial charge on any atom is -0.481 e. The van der Waals surface area contributed by atoms with Gasteiger partial charge in [0.2, 0.25) is 0 Å². The molecule has 2 aliphatic rings. The predicted octanol–water partition coefficient (Wildman–Crippen LogP) is 8.46. The van der Waals surface area contributed by atoms with Crippen molar-refractivity contribution in [3.8, 4) is 0 Å². The summed E-state index contributed by atoms with van der Waals surface area (Å²) in [6.45, 7) is 17.0. The van der Waals surface area contributed by atoms with Crippen LogP contribution in [0.3, 0.4) is 0 Å². The van der Waals surface area contributed by atoms with Crippen LogP contribution in [0.5, 0.6) is 0 Å². The Balaban J connectivity index is 2.13. The second-order valence-electron chi connectivity index (χ2n) is 14.2. The molecule has 230 valence electrons. The normalized spacial score (nSPS) is 29.0. The third-order valence-electron chi connectivity index (χ3n) is 10.0. The molecule has 1 heterocycles. The van der Waals surface area contributed by atoms with E-state index >= 15 is 0 Å². The molecule has 1 saturated carbocycles. The third-order valence-corrected chi connectivity index (χ3v) is 14.6. The molecule has 1 saturated heterocycles. The van der Waals surface area contributed by atoms with Crippen molar-refractivity contribution in [2.24, 2.45) is 11.3 Å². The van der Waals surface area contributed by atoms with Crippen LogP contribution >= 0.6 is 0 Å². The molecular formula is C32H62O6Si. The van der Waals surface area contributed by atoms with E-state index in [9.17, 15) is 9.90 Å². The van der Waals surface area contributed by atoms with E-state index < -0.39 is 20.4 Å². The lowest BCUT2D eigenvalue weighted by Crippen LogP contribution is -2.44. The topological polar surface area (TPSA) is 85.2 Å². The molecule has 6 nitrogen and oxygen atoms in total. The molecule has 2 N–H and O–H groups in total. The van der Waals surface area contributed by atoms with Crippen LogP contribution in [0.2, 0.25) is 18.1 Å². The Morgan fingerprint density at radius 1 is 1.08 bits per heavy atom. The van der Waals surface area contributed by atoms with Crippen LogP contribution in [-0.4, -0.2) is 55.7 Å². The number of aliphatic hydroxyl groups is 1. The van der Waals surface area contributed by atoms with Gasteiger partial charge in [-0.1, -0.05) is 73.1 Å². The van der Waals surface area contributed by atoms with E-state index in [1.807, 2.05) is 0 Å². The minimum atomic E-state index is -1.89. The first kappa shape index (κ1) is 34.7. The molecule has 2 fully saturated rings. The summed E-state index contributed by atoms with van der Waals surface area (Å²) in [6.07, 6.45) is 15.2. The van der Waals surface area contributed by atoms with Crippen molar-refractivity contribution in [1.29, 1.82) is 0 Å². The number of ether oxygens (including phenoxy) is 2. The molecule has 0 bridgehead atoms. The number of carboxylic acid groups (broad SMARTS) is 1. The maximum atomic E-state index is 11.4. The molecule has 0 amide bonds. The van der Waals surface area contributed by atoms with E-state index in [0.717, 1.165) is 77.2 Å². The average Bonchev–Trinajstić information content (AvgIpc) is 3.08. The van der Waals surface area contributed by atoms with E-state index in [0.29, 0.717) is 6.42 Å². The van der Waals surface area contributed by atoms with Crippen molar-refractivity contribution < 1.29 is 28.9 Å². The largest absolute Gasteiger partial charge is 0.481 e. The van der Waals surface area contributed by atoms with Gasteiger partial charge in [0, 0.05) is 25.6 Å². The number of hydrogen-bond acceptors (Lipinski definition) is 5. The highest BCUT2D eigenvalue weighted by Gasteiger charge is 2.52. The molecule has 7 heteroatoms. The van der Waals surface area contributed by atoms with Gasteiger partial charge >= 0.3 is 5.97 Å². The number of aliphatic carboxylic acids is 1. The van der Waals surface area contributed by atoms with Gasteiger partial charge in [0.25, 0.3) is 0 Å². The molecule has 3 unspecified atom stereocenters. The summed E-state index contributed by atoms with van der Waals surface area (Å²) < 4.78 is 19.6.